The maximum absolute atomic E-state index is 13.2. The van der Waals surface area contributed by atoms with Gasteiger partial charge in [-0.15, -0.1) is 5.10 Å². The SMILES string of the molecule is CCCOC(=O)C1=C(C)Nc2nc(SCCC)nn2C1c1ccccc1OCc1ccc(Cl)cc1Cl. The number of carbonyl (C=O) groups excluding carboxylic acids is 1. The number of rotatable bonds is 10. The number of para-hydroxylation sites is 1. The number of benzene rings is 2. The van der Waals surface area contributed by atoms with Crippen LogP contribution in [0.1, 0.15) is 50.8 Å². The molecule has 2 heterocycles. The van der Waals surface area contributed by atoms with E-state index in [1.807, 2.05) is 44.2 Å². The topological polar surface area (TPSA) is 78.3 Å². The average molecular weight is 548 g/mol. The first-order chi connectivity index (χ1) is 17.4. The maximum Gasteiger partial charge on any atom is 0.338 e. The number of esters is 1. The van der Waals surface area contributed by atoms with E-state index in [2.05, 4.69) is 17.2 Å². The third-order valence-electron chi connectivity index (χ3n) is 5.54. The first-order valence-corrected chi connectivity index (χ1v) is 13.6. The highest BCUT2D eigenvalue weighted by molar-refractivity contribution is 7.99. The maximum atomic E-state index is 13.2. The van der Waals surface area contributed by atoms with E-state index in [1.165, 1.54) is 0 Å². The number of nitrogens with zero attached hydrogens (tertiary/aromatic N) is 3. The summed E-state index contributed by atoms with van der Waals surface area (Å²) in [7, 11) is 0. The third kappa shape index (κ3) is 5.82. The second-order valence-corrected chi connectivity index (χ2v) is 10.2. The molecule has 0 saturated carbocycles. The predicted molar refractivity (Wildman–Crippen MR) is 144 cm³/mol. The lowest BCUT2D eigenvalue weighted by Crippen LogP contribution is -2.30. The van der Waals surface area contributed by atoms with Crippen molar-refractivity contribution in [1.82, 2.24) is 14.8 Å². The zero-order valence-electron chi connectivity index (χ0n) is 20.4. The van der Waals surface area contributed by atoms with Crippen LogP contribution in [0.15, 0.2) is 58.9 Å². The monoisotopic (exact) mass is 546 g/mol. The van der Waals surface area contributed by atoms with Gasteiger partial charge in [0.05, 0.1) is 12.2 Å². The van der Waals surface area contributed by atoms with Crippen molar-refractivity contribution in [2.24, 2.45) is 0 Å². The molecule has 10 heteroatoms. The number of hydrogen-bond acceptors (Lipinski definition) is 7. The summed E-state index contributed by atoms with van der Waals surface area (Å²) in [5, 5.41) is 9.72. The standard InChI is InChI=1S/C26H28Cl2N4O3S/c1-4-12-34-24(33)22-16(3)29-25-30-26(36-13-5-2)31-32(25)23(22)19-8-6-7-9-21(19)35-15-17-10-11-18(27)14-20(17)28/h6-11,14,23H,4-5,12-13,15H2,1-3H3,(H,29,30,31). The molecule has 1 atom stereocenters. The van der Waals surface area contributed by atoms with E-state index in [-0.39, 0.29) is 6.61 Å². The lowest BCUT2D eigenvalue weighted by Gasteiger charge is -2.29. The van der Waals surface area contributed by atoms with Crippen LogP contribution in [0.5, 0.6) is 5.75 Å². The summed E-state index contributed by atoms with van der Waals surface area (Å²) in [4.78, 5) is 17.9. The molecule has 0 spiro atoms. The van der Waals surface area contributed by atoms with Crippen molar-refractivity contribution in [2.75, 3.05) is 17.7 Å². The first kappa shape index (κ1) is 26.4. The molecule has 2 aromatic carbocycles. The van der Waals surface area contributed by atoms with E-state index in [0.717, 1.165) is 29.7 Å². The highest BCUT2D eigenvalue weighted by Gasteiger charge is 2.36. The molecule has 0 saturated heterocycles. The van der Waals surface area contributed by atoms with Crippen molar-refractivity contribution in [2.45, 2.75) is 51.4 Å². The Balaban J connectivity index is 1.74. The van der Waals surface area contributed by atoms with Gasteiger partial charge >= 0.3 is 5.97 Å². The van der Waals surface area contributed by atoms with E-state index in [0.29, 0.717) is 44.8 Å². The summed E-state index contributed by atoms with van der Waals surface area (Å²) in [6.07, 6.45) is 1.73. The van der Waals surface area contributed by atoms with E-state index >= 15 is 0 Å². The van der Waals surface area contributed by atoms with E-state index in [4.69, 9.17) is 37.8 Å². The Labute approximate surface area is 225 Å². The lowest BCUT2D eigenvalue weighted by atomic mass is 9.95. The van der Waals surface area contributed by atoms with Crippen molar-refractivity contribution in [3.8, 4) is 5.75 Å². The molecule has 1 aliphatic heterocycles. The molecule has 4 rings (SSSR count). The summed E-state index contributed by atoms with van der Waals surface area (Å²) < 4.78 is 13.5. The second-order valence-electron chi connectivity index (χ2n) is 8.28. The number of anilines is 1. The molecule has 0 fully saturated rings. The fourth-order valence-corrected chi connectivity index (χ4v) is 4.99. The molecular formula is C26H28Cl2N4O3S. The Hall–Kier alpha value is -2.68. The number of thioether (sulfide) groups is 1. The van der Waals surface area contributed by atoms with Crippen molar-refractivity contribution < 1.29 is 14.3 Å². The van der Waals surface area contributed by atoms with Gasteiger partial charge in [-0.25, -0.2) is 9.48 Å². The van der Waals surface area contributed by atoms with Gasteiger partial charge in [0.1, 0.15) is 18.4 Å². The van der Waals surface area contributed by atoms with Crippen LogP contribution in [0.4, 0.5) is 5.95 Å². The lowest BCUT2D eigenvalue weighted by molar-refractivity contribution is -0.139. The van der Waals surface area contributed by atoms with E-state index in [1.54, 1.807) is 28.6 Å². The van der Waals surface area contributed by atoms with Gasteiger partial charge in [0, 0.05) is 32.6 Å². The minimum Gasteiger partial charge on any atom is -0.488 e. The molecule has 3 aromatic rings. The van der Waals surface area contributed by atoms with Gasteiger partial charge in [-0.3, -0.25) is 0 Å². The highest BCUT2D eigenvalue weighted by atomic mass is 35.5. The number of allylic oxidation sites excluding steroid dienone is 1. The molecule has 0 amide bonds. The Kier molecular flexibility index (Phi) is 8.82. The van der Waals surface area contributed by atoms with Crippen LogP contribution in [-0.2, 0) is 16.1 Å². The molecule has 36 heavy (non-hydrogen) atoms. The molecule has 190 valence electrons. The minimum atomic E-state index is -0.578. The van der Waals surface area contributed by atoms with Crippen LogP contribution in [-0.4, -0.2) is 33.1 Å². The largest absolute Gasteiger partial charge is 0.488 e. The number of fused-ring (bicyclic) bond motifs is 1. The van der Waals surface area contributed by atoms with E-state index in [9.17, 15) is 4.79 Å². The van der Waals surface area contributed by atoms with Crippen LogP contribution in [0, 0.1) is 0 Å². The smallest absolute Gasteiger partial charge is 0.338 e. The second kappa shape index (κ2) is 12.0. The normalized spacial score (nSPS) is 14.9. The Morgan fingerprint density at radius 1 is 1.17 bits per heavy atom. The fraction of sp³-hybridized carbons (Fsp3) is 0.346. The van der Waals surface area contributed by atoms with Crippen molar-refractivity contribution in [3.05, 3.63) is 74.9 Å². The number of carbonyl (C=O) groups is 1. The van der Waals surface area contributed by atoms with Crippen LogP contribution in [0.3, 0.4) is 0 Å². The summed E-state index contributed by atoms with van der Waals surface area (Å²) in [5.41, 5.74) is 2.71. The van der Waals surface area contributed by atoms with Crippen molar-refractivity contribution in [3.63, 3.8) is 0 Å². The minimum absolute atomic E-state index is 0.234. The van der Waals surface area contributed by atoms with Crippen molar-refractivity contribution >= 4 is 46.9 Å². The van der Waals surface area contributed by atoms with Gasteiger partial charge < -0.3 is 14.8 Å². The molecular weight excluding hydrogens is 519 g/mol. The van der Waals surface area contributed by atoms with Gasteiger partial charge in [0.2, 0.25) is 11.1 Å². The summed E-state index contributed by atoms with van der Waals surface area (Å²) in [6.45, 7) is 6.49. The molecule has 1 aliphatic rings. The molecule has 1 aromatic heterocycles. The Morgan fingerprint density at radius 3 is 2.72 bits per heavy atom. The van der Waals surface area contributed by atoms with Gasteiger partial charge in [-0.05, 0) is 38.0 Å². The summed E-state index contributed by atoms with van der Waals surface area (Å²) in [6, 6.07) is 12.3. The quantitative estimate of drug-likeness (QED) is 0.218. The van der Waals surface area contributed by atoms with Crippen LogP contribution >= 0.6 is 35.0 Å². The molecule has 1 N–H and O–H groups in total. The van der Waals surface area contributed by atoms with Crippen LogP contribution in [0.25, 0.3) is 0 Å². The van der Waals surface area contributed by atoms with Crippen molar-refractivity contribution in [1.29, 1.82) is 0 Å². The third-order valence-corrected chi connectivity index (χ3v) is 7.17. The van der Waals surface area contributed by atoms with Gasteiger partial charge in [-0.2, -0.15) is 4.98 Å². The predicted octanol–water partition coefficient (Wildman–Crippen LogP) is 6.91. The van der Waals surface area contributed by atoms with E-state index < -0.39 is 12.0 Å². The Bertz CT molecular complexity index is 1280. The number of ether oxygens (including phenoxy) is 2. The zero-order chi connectivity index (χ0) is 25.7. The molecule has 7 nitrogen and oxygen atoms in total. The summed E-state index contributed by atoms with van der Waals surface area (Å²) >= 11 is 14.0. The van der Waals surface area contributed by atoms with Crippen LogP contribution < -0.4 is 10.1 Å². The zero-order valence-corrected chi connectivity index (χ0v) is 22.7. The van der Waals surface area contributed by atoms with Gasteiger partial charge in [-0.1, -0.05) is 73.1 Å². The van der Waals surface area contributed by atoms with Crippen LogP contribution in [0.2, 0.25) is 10.0 Å². The number of halogens is 2. The number of nitrogens with one attached hydrogen (secondary N) is 1. The van der Waals surface area contributed by atoms with Gasteiger partial charge in [0.25, 0.3) is 0 Å². The molecule has 0 bridgehead atoms. The molecule has 1 unspecified atom stereocenters. The average Bonchev–Trinajstić information content (AvgIpc) is 3.27. The van der Waals surface area contributed by atoms with Gasteiger partial charge in [0.15, 0.2) is 0 Å². The fourth-order valence-electron chi connectivity index (χ4n) is 3.84. The first-order valence-electron chi connectivity index (χ1n) is 11.8. The number of hydrogen-bond donors (Lipinski definition) is 1. The molecule has 0 radical (unpaired) electrons. The summed E-state index contributed by atoms with van der Waals surface area (Å²) in [5.74, 6) is 1.67. The molecule has 0 aliphatic carbocycles. The Morgan fingerprint density at radius 2 is 1.97 bits per heavy atom. The highest BCUT2D eigenvalue weighted by Crippen LogP contribution is 2.40. The number of aromatic nitrogens is 3.